The van der Waals surface area contributed by atoms with Gasteiger partial charge in [-0.1, -0.05) is 41.9 Å². The van der Waals surface area contributed by atoms with Gasteiger partial charge in [0, 0.05) is 61.8 Å². The molecule has 0 saturated carbocycles. The van der Waals surface area contributed by atoms with Crippen LogP contribution in [0.25, 0.3) is 33.3 Å². The highest BCUT2D eigenvalue weighted by molar-refractivity contribution is 6.36. The average Bonchev–Trinajstić information content (AvgIpc) is 3.79. The highest BCUT2D eigenvalue weighted by Gasteiger charge is 2.27. The molecule has 2 aliphatic rings. The molecule has 1 fully saturated rings. The maximum atomic E-state index is 13.1. The highest BCUT2D eigenvalue weighted by atomic mass is 35.5. The number of amides is 2. The van der Waals surface area contributed by atoms with E-state index in [1.54, 1.807) is 31.3 Å². The molecule has 1 unspecified atom stereocenters. The molecule has 13 nitrogen and oxygen atoms in total. The van der Waals surface area contributed by atoms with Crippen LogP contribution in [0, 0.1) is 6.92 Å². The Morgan fingerprint density at radius 1 is 1.04 bits per heavy atom. The largest absolute Gasteiger partial charge is 0.481 e. The number of fused-ring (bicyclic) bond motifs is 2. The molecule has 5 aromatic rings. The first-order valence-electron chi connectivity index (χ1n) is 17.7. The van der Waals surface area contributed by atoms with Crippen molar-refractivity contribution < 1.29 is 14.6 Å². The number of halogens is 1. The van der Waals surface area contributed by atoms with Crippen LogP contribution in [0.4, 0.5) is 16.3 Å². The Hall–Kier alpha value is -5.24. The molecule has 7 rings (SSSR count). The minimum Gasteiger partial charge on any atom is -0.481 e. The second kappa shape index (κ2) is 16.2. The fourth-order valence-corrected chi connectivity index (χ4v) is 7.38. The van der Waals surface area contributed by atoms with E-state index in [0.29, 0.717) is 40.7 Å². The molecule has 2 aromatic carbocycles. The lowest BCUT2D eigenvalue weighted by atomic mass is 9.96. The number of carbonyl (C=O) groups excluding carboxylic acids is 1. The predicted octanol–water partition coefficient (Wildman–Crippen LogP) is 4.55. The van der Waals surface area contributed by atoms with Crippen LogP contribution in [-0.4, -0.2) is 81.6 Å². The first kappa shape index (κ1) is 37.5. The molecule has 4 heterocycles. The molecular weight excluding hydrogens is 696 g/mol. The first-order chi connectivity index (χ1) is 25.6. The van der Waals surface area contributed by atoms with Crippen LogP contribution in [-0.2, 0) is 26.9 Å². The Kier molecular flexibility index (Phi) is 11.5. The number of benzene rings is 2. The van der Waals surface area contributed by atoms with Crippen molar-refractivity contribution in [1.82, 2.24) is 34.6 Å². The van der Waals surface area contributed by atoms with Gasteiger partial charge in [0.2, 0.25) is 5.88 Å². The molecule has 0 spiro atoms. The molecule has 53 heavy (non-hydrogen) atoms. The molecule has 1 aliphatic heterocycles. The summed E-state index contributed by atoms with van der Waals surface area (Å²) in [5.41, 5.74) is 7.29. The first-order valence-corrected chi connectivity index (χ1v) is 18.0. The van der Waals surface area contributed by atoms with E-state index in [4.69, 9.17) is 26.4 Å². The van der Waals surface area contributed by atoms with Crippen molar-refractivity contribution in [3.8, 4) is 28.3 Å². The van der Waals surface area contributed by atoms with Gasteiger partial charge < -0.3 is 30.7 Å². The zero-order valence-corrected chi connectivity index (χ0v) is 31.4. The minimum atomic E-state index is -0.407. The number of nitrogens with one attached hydrogen (secondary N) is 3. The van der Waals surface area contributed by atoms with Crippen LogP contribution in [0.1, 0.15) is 29.5 Å². The predicted molar refractivity (Wildman–Crippen MR) is 208 cm³/mol. The van der Waals surface area contributed by atoms with E-state index >= 15 is 0 Å². The summed E-state index contributed by atoms with van der Waals surface area (Å²) < 4.78 is 8.15. The summed E-state index contributed by atoms with van der Waals surface area (Å²) in [7, 11) is 6.65. The lowest BCUT2D eigenvalue weighted by molar-refractivity contribution is 0.196. The van der Waals surface area contributed by atoms with Crippen LogP contribution in [0.15, 0.2) is 64.3 Å². The minimum absolute atomic E-state index is 0.0339. The molecule has 278 valence electrons. The number of aliphatic hydroxyl groups excluding tert-OH is 1. The van der Waals surface area contributed by atoms with Crippen molar-refractivity contribution in [3.05, 3.63) is 97.3 Å². The van der Waals surface area contributed by atoms with E-state index < -0.39 is 11.2 Å². The molecule has 1 atom stereocenters. The second-order valence-corrected chi connectivity index (χ2v) is 13.6. The number of aliphatic hydroxyl groups is 1. The summed E-state index contributed by atoms with van der Waals surface area (Å²) in [6.45, 7) is 4.07. The average molecular weight is 741 g/mol. The molecule has 0 bridgehead atoms. The number of aryl methyl sites for hydroxylation is 2. The van der Waals surface area contributed by atoms with Gasteiger partial charge in [-0.05, 0) is 81.1 Å². The molecule has 3 aromatic heterocycles. The van der Waals surface area contributed by atoms with Crippen LogP contribution in [0.2, 0.25) is 5.02 Å². The third kappa shape index (κ3) is 7.50. The zero-order chi connectivity index (χ0) is 37.8. The molecule has 4 N–H and O–H groups in total. The van der Waals surface area contributed by atoms with Crippen molar-refractivity contribution in [1.29, 1.82) is 0 Å². The van der Waals surface area contributed by atoms with Crippen molar-refractivity contribution in [2.24, 2.45) is 14.1 Å². The normalized spacial score (nSPS) is 14.9. The van der Waals surface area contributed by atoms with Gasteiger partial charge in [0.1, 0.15) is 11.2 Å². The number of β-amino-alcohol motifs (C(OH)–C–C–N with tert-alkyl or cyclic N) is 1. The van der Waals surface area contributed by atoms with E-state index in [0.717, 1.165) is 70.4 Å². The Labute approximate surface area is 312 Å². The molecule has 1 aliphatic carbocycles. The second-order valence-electron chi connectivity index (χ2n) is 13.2. The van der Waals surface area contributed by atoms with Crippen LogP contribution < -0.4 is 31.9 Å². The molecular formula is C39H45ClN8O5. The molecule has 14 heteroatoms. The molecule has 2 amide bonds. The van der Waals surface area contributed by atoms with Gasteiger partial charge in [-0.2, -0.15) is 0 Å². The van der Waals surface area contributed by atoms with Crippen LogP contribution >= 0.6 is 11.6 Å². The highest BCUT2D eigenvalue weighted by Crippen LogP contribution is 2.41. The molecule has 1 saturated heterocycles. The Morgan fingerprint density at radius 2 is 1.79 bits per heavy atom. The van der Waals surface area contributed by atoms with Crippen molar-refractivity contribution in [2.45, 2.75) is 38.6 Å². The number of hydrogen-bond donors (Lipinski definition) is 4. The van der Waals surface area contributed by atoms with Crippen LogP contribution in [0.3, 0.4) is 0 Å². The van der Waals surface area contributed by atoms with Gasteiger partial charge in [-0.3, -0.25) is 13.9 Å². The zero-order valence-electron chi connectivity index (χ0n) is 30.6. The van der Waals surface area contributed by atoms with E-state index in [1.807, 2.05) is 50.4 Å². The van der Waals surface area contributed by atoms with Gasteiger partial charge in [0.25, 0.3) is 5.56 Å². The topological polar surface area (TPSA) is 156 Å². The molecule has 0 radical (unpaired) electrons. The number of aromatic nitrogens is 4. The lowest BCUT2D eigenvalue weighted by Gasteiger charge is -2.17. The van der Waals surface area contributed by atoms with E-state index in [-0.39, 0.29) is 18.7 Å². The summed E-state index contributed by atoms with van der Waals surface area (Å²) in [4.78, 5) is 47.6. The van der Waals surface area contributed by atoms with Gasteiger partial charge in [0.05, 0.1) is 29.9 Å². The van der Waals surface area contributed by atoms with E-state index in [2.05, 4.69) is 27.0 Å². The van der Waals surface area contributed by atoms with E-state index in [9.17, 15) is 14.4 Å². The Balaban J connectivity index is 0.000000314. The lowest BCUT2D eigenvalue weighted by Crippen LogP contribution is -2.37. The third-order valence-electron chi connectivity index (χ3n) is 9.95. The number of pyridine rings is 2. The maximum Gasteiger partial charge on any atom is 0.330 e. The Bertz CT molecular complexity index is 2290. The van der Waals surface area contributed by atoms with Gasteiger partial charge >= 0.3 is 11.7 Å². The fourth-order valence-electron chi connectivity index (χ4n) is 7.06. The number of urea groups is 1. The van der Waals surface area contributed by atoms with Gasteiger partial charge in [-0.15, -0.1) is 0 Å². The smallest absolute Gasteiger partial charge is 0.330 e. The fraction of sp³-hybridized carbons (Fsp3) is 0.359. The maximum absolute atomic E-state index is 13.1. The number of nitrogens with zero attached hydrogens (tertiary/aromatic N) is 5. The van der Waals surface area contributed by atoms with Crippen LogP contribution in [0.5, 0.6) is 5.88 Å². The number of methoxy groups -OCH3 is 1. The standard InChI is InChI=1S/C31H28ClN5O3.C8H17N3O2/c1-17-19(21-11-6-12-22(27(21)32)24-16-18-8-5-10-20(18)29(35-24)40-4)9-7-13-23(17)34-28-26-25(14-15-33-28)36(2)31(39)37(3)30(26)38;1-9-3-2-7-6-11(4-5-12)8(13)10-7/h6-7,9,11-16H,5,8,10H2,1-4H3,(H,33,34);7,9,12H,2-6H2,1H3,(H,10,13). The quantitative estimate of drug-likeness (QED) is 0.162. The summed E-state index contributed by atoms with van der Waals surface area (Å²) in [5.74, 6) is 1.04. The Morgan fingerprint density at radius 3 is 2.55 bits per heavy atom. The van der Waals surface area contributed by atoms with E-state index in [1.165, 1.54) is 22.7 Å². The summed E-state index contributed by atoms with van der Waals surface area (Å²) in [5, 5.41) is 18.8. The number of ether oxygens (including phenoxy) is 1. The van der Waals surface area contributed by atoms with Crippen molar-refractivity contribution >= 4 is 40.0 Å². The van der Waals surface area contributed by atoms with Crippen molar-refractivity contribution in [3.63, 3.8) is 0 Å². The number of hydrogen-bond acceptors (Lipinski definition) is 9. The number of carbonyl (C=O) groups is 1. The monoisotopic (exact) mass is 740 g/mol. The summed E-state index contributed by atoms with van der Waals surface area (Å²) in [6, 6.07) is 15.8. The van der Waals surface area contributed by atoms with Gasteiger partial charge in [-0.25, -0.2) is 19.6 Å². The SMILES string of the molecule is CNCCC1CN(CCO)C(=O)N1.COc1nc(-c2cccc(-c3cccc(Nc4nccc5c4c(=O)n(C)c(=O)n5C)c3C)c2Cl)cc2c1CCC2. The summed E-state index contributed by atoms with van der Waals surface area (Å²) in [6.07, 6.45) is 5.60. The van der Waals surface area contributed by atoms with Crippen molar-refractivity contribution in [2.75, 3.05) is 45.7 Å². The number of anilines is 2. The van der Waals surface area contributed by atoms with Gasteiger partial charge in [0.15, 0.2) is 0 Å². The summed E-state index contributed by atoms with van der Waals surface area (Å²) >= 11 is 7.07. The number of rotatable bonds is 10. The third-order valence-corrected chi connectivity index (χ3v) is 10.4.